The van der Waals surface area contributed by atoms with E-state index < -0.39 is 69.6 Å². The number of amides is 3. The highest BCUT2D eigenvalue weighted by Gasteiger charge is 2.39. The number of hydrogen-bond donors (Lipinski definition) is 4. The van der Waals surface area contributed by atoms with Gasteiger partial charge in [0.25, 0.3) is 5.91 Å². The molecule has 6 heterocycles. The molecular formula is C44H43F3N8O8S. The summed E-state index contributed by atoms with van der Waals surface area (Å²) in [7, 11) is -4.37. The average Bonchev–Trinajstić information content (AvgIpc) is 4.01. The fraction of sp³-hybridized carbons (Fsp3) is 0.341. The first-order chi connectivity index (χ1) is 30.7. The summed E-state index contributed by atoms with van der Waals surface area (Å²) in [4.78, 5) is 63.8. The third-order valence-electron chi connectivity index (χ3n) is 12.1. The molecule has 0 saturated carbocycles. The number of fused-ring (bicyclic) bond motifs is 2. The van der Waals surface area contributed by atoms with Gasteiger partial charge in [0.1, 0.15) is 42.1 Å². The SMILES string of the molecule is O=C1CC[C@@H](N2Cc3cc(OC[C@H](O)CN4CCN(c5ccc(-c6cnc7[nH]cc(C(=O)c8c(F)ccc(NS(=O)(=O)N9CC[C@@H](F)C9)c8F)c7c6)cc5)CC4)ccc3C2=O)C(=O)N1. The lowest BCUT2D eigenvalue weighted by atomic mass is 9.99. The molecule has 0 unspecified atom stereocenters. The highest BCUT2D eigenvalue weighted by molar-refractivity contribution is 7.90. The second-order valence-electron chi connectivity index (χ2n) is 16.3. The molecule has 0 bridgehead atoms. The Balaban J connectivity index is 0.789. The summed E-state index contributed by atoms with van der Waals surface area (Å²) in [5.74, 6) is -4.21. The van der Waals surface area contributed by atoms with Crippen LogP contribution in [0.4, 0.5) is 24.5 Å². The lowest BCUT2D eigenvalue weighted by Crippen LogP contribution is -2.52. The fourth-order valence-electron chi connectivity index (χ4n) is 8.67. The van der Waals surface area contributed by atoms with Crippen molar-refractivity contribution in [2.24, 2.45) is 0 Å². The molecule has 5 aromatic rings. The minimum absolute atomic E-state index is 0.00802. The van der Waals surface area contributed by atoms with Crippen molar-refractivity contribution < 1.29 is 50.6 Å². The molecule has 3 fully saturated rings. The van der Waals surface area contributed by atoms with E-state index in [4.69, 9.17) is 4.74 Å². The number of piperidine rings is 1. The van der Waals surface area contributed by atoms with Gasteiger partial charge in [-0.05, 0) is 72.5 Å². The van der Waals surface area contributed by atoms with Crippen LogP contribution in [0.15, 0.2) is 73.1 Å². The number of anilines is 2. The van der Waals surface area contributed by atoms with E-state index in [9.17, 15) is 37.1 Å². The molecule has 3 amide bonds. The summed E-state index contributed by atoms with van der Waals surface area (Å²) in [6, 6.07) is 15.4. The highest BCUT2D eigenvalue weighted by atomic mass is 32.2. The van der Waals surface area contributed by atoms with E-state index >= 15 is 8.78 Å². The van der Waals surface area contributed by atoms with Crippen molar-refractivity contribution in [2.45, 2.75) is 44.1 Å². The minimum atomic E-state index is -4.37. The number of halogens is 3. The highest BCUT2D eigenvalue weighted by Crippen LogP contribution is 2.33. The molecule has 64 heavy (non-hydrogen) atoms. The molecule has 0 aliphatic carbocycles. The monoisotopic (exact) mass is 900 g/mol. The number of aliphatic hydroxyl groups excluding tert-OH is 1. The number of carbonyl (C=O) groups is 4. The molecule has 3 aromatic carbocycles. The average molecular weight is 901 g/mol. The summed E-state index contributed by atoms with van der Waals surface area (Å²) in [6.07, 6.45) is 1.20. The maximum atomic E-state index is 15.7. The van der Waals surface area contributed by atoms with Crippen LogP contribution in [0, 0.1) is 11.6 Å². The van der Waals surface area contributed by atoms with Crippen LogP contribution in [0.5, 0.6) is 5.75 Å². The van der Waals surface area contributed by atoms with Crippen molar-refractivity contribution in [1.29, 1.82) is 0 Å². The number of aromatic amines is 1. The zero-order chi connectivity index (χ0) is 44.9. The number of carbonyl (C=O) groups excluding carboxylic acids is 4. The second-order valence-corrected chi connectivity index (χ2v) is 18.0. The number of rotatable bonds is 13. The number of H-pyrrole nitrogens is 1. The number of nitrogens with zero attached hydrogens (tertiary/aromatic N) is 5. The number of nitrogens with one attached hydrogen (secondary N) is 3. The summed E-state index contributed by atoms with van der Waals surface area (Å²) in [5.41, 5.74) is 2.19. The van der Waals surface area contributed by atoms with Gasteiger partial charge < -0.3 is 24.6 Å². The molecule has 3 saturated heterocycles. The first-order valence-electron chi connectivity index (χ1n) is 20.8. The molecular weight excluding hydrogens is 858 g/mol. The molecule has 20 heteroatoms. The van der Waals surface area contributed by atoms with Gasteiger partial charge in [0.15, 0.2) is 5.82 Å². The third kappa shape index (κ3) is 8.52. The molecule has 334 valence electrons. The molecule has 16 nitrogen and oxygen atoms in total. The molecule has 0 spiro atoms. The van der Waals surface area contributed by atoms with Crippen molar-refractivity contribution >= 4 is 56.1 Å². The van der Waals surface area contributed by atoms with Gasteiger partial charge in [-0.15, -0.1) is 0 Å². The maximum absolute atomic E-state index is 15.7. The summed E-state index contributed by atoms with van der Waals surface area (Å²) < 4.78 is 78.8. The standard InChI is InChI=1S/C44H43F3N8O8S/c45-28-11-12-54(22-28)64(61,62)51-36-8-7-35(46)39(40(36)47)41(58)34-20-49-42-33(34)18-26(19-48-42)25-1-3-29(4-2-25)53-15-13-52(14-16-53)23-30(56)24-63-31-5-6-32-27(17-31)21-55(44(32)60)37-9-10-38(57)50-43(37)59/h1-8,17-20,28,30,37,51,56H,9-16,21-24H2,(H,48,49)(H,50,57,59)/t28-,30-,37-/m1/s1. The van der Waals surface area contributed by atoms with Crippen molar-refractivity contribution in [3.63, 3.8) is 0 Å². The van der Waals surface area contributed by atoms with E-state index in [1.165, 1.54) is 11.1 Å². The Bertz CT molecular complexity index is 2780. The zero-order valence-corrected chi connectivity index (χ0v) is 35.0. The van der Waals surface area contributed by atoms with Gasteiger partial charge >= 0.3 is 10.2 Å². The lowest BCUT2D eigenvalue weighted by molar-refractivity contribution is -0.136. The van der Waals surface area contributed by atoms with Crippen LogP contribution >= 0.6 is 0 Å². The number of imide groups is 1. The van der Waals surface area contributed by atoms with Gasteiger partial charge in [-0.3, -0.25) is 34.1 Å². The Hall–Kier alpha value is -6.35. The van der Waals surface area contributed by atoms with Crippen LogP contribution in [-0.4, -0.2) is 132 Å². The fourth-order valence-corrected chi connectivity index (χ4v) is 9.94. The Kier molecular flexibility index (Phi) is 11.6. The molecule has 4 aliphatic heterocycles. The smallest absolute Gasteiger partial charge is 0.301 e. The van der Waals surface area contributed by atoms with Crippen molar-refractivity contribution in [1.82, 2.24) is 29.4 Å². The Morgan fingerprint density at radius 2 is 1.75 bits per heavy atom. The third-order valence-corrected chi connectivity index (χ3v) is 13.6. The predicted molar refractivity (Wildman–Crippen MR) is 228 cm³/mol. The number of alkyl halides is 1. The maximum Gasteiger partial charge on any atom is 0.301 e. The van der Waals surface area contributed by atoms with Gasteiger partial charge in [0, 0.05) is 98.9 Å². The van der Waals surface area contributed by atoms with E-state index in [0.717, 1.165) is 27.7 Å². The molecule has 0 radical (unpaired) electrons. The molecule has 4 aliphatic rings. The summed E-state index contributed by atoms with van der Waals surface area (Å²) in [6.45, 7) is 2.93. The van der Waals surface area contributed by atoms with Crippen molar-refractivity contribution in [3.05, 3.63) is 107 Å². The normalized spacial score (nSPS) is 20.2. The van der Waals surface area contributed by atoms with Crippen molar-refractivity contribution in [3.8, 4) is 16.9 Å². The van der Waals surface area contributed by atoms with Crippen LogP contribution < -0.4 is 19.7 Å². The summed E-state index contributed by atoms with van der Waals surface area (Å²) in [5, 5.41) is 13.4. The number of aliphatic hydroxyl groups is 1. The Labute approximate surface area is 365 Å². The number of ether oxygens (including phenoxy) is 1. The first-order valence-corrected chi connectivity index (χ1v) is 22.2. The largest absolute Gasteiger partial charge is 0.491 e. The van der Waals surface area contributed by atoms with Gasteiger partial charge in [-0.25, -0.2) is 18.2 Å². The Morgan fingerprint density at radius 3 is 2.48 bits per heavy atom. The summed E-state index contributed by atoms with van der Waals surface area (Å²) >= 11 is 0. The van der Waals surface area contributed by atoms with Crippen LogP contribution in [-0.2, 0) is 26.3 Å². The topological polar surface area (TPSA) is 198 Å². The number of piperazine rings is 1. The van der Waals surface area contributed by atoms with Gasteiger partial charge in [0.05, 0.1) is 11.3 Å². The predicted octanol–water partition coefficient (Wildman–Crippen LogP) is 3.76. The van der Waals surface area contributed by atoms with Crippen LogP contribution in [0.1, 0.15) is 51.1 Å². The van der Waals surface area contributed by atoms with Gasteiger partial charge in [-0.1, -0.05) is 12.1 Å². The van der Waals surface area contributed by atoms with Gasteiger partial charge in [-0.2, -0.15) is 12.7 Å². The first kappa shape index (κ1) is 42.9. The number of ketones is 1. The van der Waals surface area contributed by atoms with Crippen LogP contribution in [0.2, 0.25) is 0 Å². The van der Waals surface area contributed by atoms with E-state index in [0.29, 0.717) is 66.2 Å². The van der Waals surface area contributed by atoms with Crippen LogP contribution in [0.25, 0.3) is 22.2 Å². The minimum Gasteiger partial charge on any atom is -0.491 e. The van der Waals surface area contributed by atoms with E-state index in [-0.39, 0.29) is 56.3 Å². The lowest BCUT2D eigenvalue weighted by Gasteiger charge is -2.37. The van der Waals surface area contributed by atoms with Crippen LogP contribution in [0.3, 0.4) is 0 Å². The quantitative estimate of drug-likeness (QED) is 0.0993. The number of aromatic nitrogens is 2. The van der Waals surface area contributed by atoms with E-state index in [1.807, 2.05) is 29.0 Å². The molecule has 3 atom stereocenters. The molecule has 9 rings (SSSR count). The van der Waals surface area contributed by atoms with Crippen molar-refractivity contribution in [2.75, 3.05) is 62.0 Å². The number of β-amino-alcohol motifs (C(OH)–C–C–N with tert-alkyl or cyclic N) is 1. The van der Waals surface area contributed by atoms with E-state index in [2.05, 4.69) is 25.1 Å². The van der Waals surface area contributed by atoms with Gasteiger partial charge in [0.2, 0.25) is 17.6 Å². The van der Waals surface area contributed by atoms with E-state index in [1.54, 1.807) is 30.5 Å². The number of hydrogen-bond acceptors (Lipinski definition) is 11. The number of pyridine rings is 1. The Morgan fingerprint density at radius 1 is 0.969 bits per heavy atom. The molecule has 4 N–H and O–H groups in total. The molecule has 2 aromatic heterocycles. The number of benzene rings is 3. The second kappa shape index (κ2) is 17.3. The zero-order valence-electron chi connectivity index (χ0n) is 34.2.